The van der Waals surface area contributed by atoms with Gasteiger partial charge in [-0.25, -0.2) is 4.98 Å². The van der Waals surface area contributed by atoms with Crippen LogP contribution in [-0.2, 0) is 0 Å². The first-order valence-corrected chi connectivity index (χ1v) is 7.56. The van der Waals surface area contributed by atoms with E-state index in [1.807, 2.05) is 43.3 Å². The second-order valence-electron chi connectivity index (χ2n) is 5.10. The van der Waals surface area contributed by atoms with Crippen LogP contribution in [0, 0.1) is 0 Å². The number of rotatable bonds is 5. The highest BCUT2D eigenvalue weighted by molar-refractivity contribution is 7.99. The molecule has 0 unspecified atom stereocenters. The molecular weight excluding hydrogens is 284 g/mol. The average Bonchev–Trinajstić information content (AvgIpc) is 2.47. The standard InChI is InChI=1S/C15H20N4OS/c1-10(2)13-16-14(19(3)4)18-15(17-13)21-12-8-6-11(20-5)7-9-12/h6-10H,1-5H3. The summed E-state index contributed by atoms with van der Waals surface area (Å²) in [6.45, 7) is 4.16. The molecule has 1 aromatic carbocycles. The minimum Gasteiger partial charge on any atom is -0.497 e. The Kier molecular flexibility index (Phi) is 5.01. The zero-order chi connectivity index (χ0) is 15.4. The third-order valence-corrected chi connectivity index (χ3v) is 3.68. The Hall–Kier alpha value is -1.82. The van der Waals surface area contributed by atoms with E-state index in [1.165, 1.54) is 11.8 Å². The molecule has 0 atom stereocenters. The summed E-state index contributed by atoms with van der Waals surface area (Å²) in [7, 11) is 5.52. The third kappa shape index (κ3) is 4.07. The molecule has 2 aromatic rings. The van der Waals surface area contributed by atoms with Gasteiger partial charge in [0.25, 0.3) is 0 Å². The van der Waals surface area contributed by atoms with Gasteiger partial charge in [-0.2, -0.15) is 9.97 Å². The van der Waals surface area contributed by atoms with Crippen molar-refractivity contribution in [1.82, 2.24) is 15.0 Å². The molecule has 5 nitrogen and oxygen atoms in total. The van der Waals surface area contributed by atoms with Crippen LogP contribution in [0.15, 0.2) is 34.3 Å². The van der Waals surface area contributed by atoms with Crippen molar-refractivity contribution in [3.63, 3.8) is 0 Å². The number of methoxy groups -OCH3 is 1. The molecule has 2 rings (SSSR count). The fourth-order valence-corrected chi connectivity index (χ4v) is 2.36. The van der Waals surface area contributed by atoms with Crippen LogP contribution in [-0.4, -0.2) is 36.2 Å². The van der Waals surface area contributed by atoms with E-state index in [4.69, 9.17) is 4.74 Å². The number of nitrogens with zero attached hydrogens (tertiary/aromatic N) is 4. The molecule has 0 amide bonds. The van der Waals surface area contributed by atoms with E-state index in [-0.39, 0.29) is 5.92 Å². The fraction of sp³-hybridized carbons (Fsp3) is 0.400. The highest BCUT2D eigenvalue weighted by Crippen LogP contribution is 2.28. The first-order valence-electron chi connectivity index (χ1n) is 6.75. The maximum Gasteiger partial charge on any atom is 0.229 e. The van der Waals surface area contributed by atoms with Gasteiger partial charge >= 0.3 is 0 Å². The smallest absolute Gasteiger partial charge is 0.229 e. The molecule has 0 aliphatic carbocycles. The molecule has 0 spiro atoms. The molecule has 21 heavy (non-hydrogen) atoms. The van der Waals surface area contributed by atoms with Gasteiger partial charge < -0.3 is 9.64 Å². The van der Waals surface area contributed by atoms with Crippen molar-refractivity contribution >= 4 is 17.7 Å². The lowest BCUT2D eigenvalue weighted by atomic mass is 10.2. The number of hydrogen-bond acceptors (Lipinski definition) is 6. The lowest BCUT2D eigenvalue weighted by Gasteiger charge is -2.13. The minimum atomic E-state index is 0.266. The molecule has 0 saturated carbocycles. The highest BCUT2D eigenvalue weighted by Gasteiger charge is 2.12. The molecule has 6 heteroatoms. The number of benzene rings is 1. The van der Waals surface area contributed by atoms with Crippen LogP contribution in [0.4, 0.5) is 5.95 Å². The normalized spacial score (nSPS) is 10.8. The quantitative estimate of drug-likeness (QED) is 0.845. The summed E-state index contributed by atoms with van der Waals surface area (Å²) in [6.07, 6.45) is 0. The molecule has 0 N–H and O–H groups in total. The zero-order valence-corrected chi connectivity index (χ0v) is 13.8. The molecule has 1 heterocycles. The Labute approximate surface area is 129 Å². The largest absolute Gasteiger partial charge is 0.497 e. The topological polar surface area (TPSA) is 51.1 Å². The SMILES string of the molecule is COc1ccc(Sc2nc(C(C)C)nc(N(C)C)n2)cc1. The lowest BCUT2D eigenvalue weighted by molar-refractivity contribution is 0.414. The Balaban J connectivity index is 2.29. The van der Waals surface area contributed by atoms with E-state index >= 15 is 0 Å². The third-order valence-electron chi connectivity index (χ3n) is 2.81. The van der Waals surface area contributed by atoms with E-state index < -0.39 is 0 Å². The van der Waals surface area contributed by atoms with Crippen molar-refractivity contribution in [2.75, 3.05) is 26.1 Å². The molecule has 0 bridgehead atoms. The average molecular weight is 304 g/mol. The van der Waals surface area contributed by atoms with Crippen molar-refractivity contribution in [1.29, 1.82) is 0 Å². The van der Waals surface area contributed by atoms with Crippen molar-refractivity contribution in [3.8, 4) is 5.75 Å². The summed E-state index contributed by atoms with van der Waals surface area (Å²) < 4.78 is 5.16. The zero-order valence-electron chi connectivity index (χ0n) is 13.0. The number of ether oxygens (including phenoxy) is 1. The lowest BCUT2D eigenvalue weighted by Crippen LogP contribution is -2.15. The van der Waals surface area contributed by atoms with Gasteiger partial charge in [-0.3, -0.25) is 0 Å². The van der Waals surface area contributed by atoms with Gasteiger partial charge in [-0.05, 0) is 36.0 Å². The summed E-state index contributed by atoms with van der Waals surface area (Å²) in [6, 6.07) is 7.86. The second kappa shape index (κ2) is 6.76. The van der Waals surface area contributed by atoms with E-state index in [2.05, 4.69) is 28.8 Å². The van der Waals surface area contributed by atoms with Crippen molar-refractivity contribution in [2.45, 2.75) is 29.8 Å². The van der Waals surface area contributed by atoms with Gasteiger partial charge in [-0.1, -0.05) is 13.8 Å². The van der Waals surface area contributed by atoms with Crippen LogP contribution in [0.25, 0.3) is 0 Å². The van der Waals surface area contributed by atoms with E-state index in [1.54, 1.807) is 7.11 Å². The molecule has 0 aliphatic heterocycles. The molecule has 1 aromatic heterocycles. The van der Waals surface area contributed by atoms with Gasteiger partial charge in [0, 0.05) is 24.9 Å². The van der Waals surface area contributed by atoms with Gasteiger partial charge in [0.1, 0.15) is 11.6 Å². The summed E-state index contributed by atoms with van der Waals surface area (Å²) in [5.74, 6) is 2.60. The van der Waals surface area contributed by atoms with E-state index in [9.17, 15) is 0 Å². The van der Waals surface area contributed by atoms with Crippen LogP contribution in [0.3, 0.4) is 0 Å². The van der Waals surface area contributed by atoms with Crippen molar-refractivity contribution in [3.05, 3.63) is 30.1 Å². The predicted molar refractivity (Wildman–Crippen MR) is 85.4 cm³/mol. The molecule has 0 radical (unpaired) electrons. The van der Waals surface area contributed by atoms with Crippen LogP contribution in [0.2, 0.25) is 0 Å². The first kappa shape index (κ1) is 15.6. The Morgan fingerprint density at radius 1 is 1.05 bits per heavy atom. The number of hydrogen-bond donors (Lipinski definition) is 0. The molecule has 112 valence electrons. The molecule has 0 saturated heterocycles. The van der Waals surface area contributed by atoms with Crippen molar-refractivity contribution < 1.29 is 4.74 Å². The van der Waals surface area contributed by atoms with Crippen LogP contribution in [0.5, 0.6) is 5.75 Å². The summed E-state index contributed by atoms with van der Waals surface area (Å²) >= 11 is 1.53. The van der Waals surface area contributed by atoms with Crippen LogP contribution >= 0.6 is 11.8 Å². The second-order valence-corrected chi connectivity index (χ2v) is 6.14. The van der Waals surface area contributed by atoms with Crippen LogP contribution < -0.4 is 9.64 Å². The van der Waals surface area contributed by atoms with Crippen molar-refractivity contribution in [2.24, 2.45) is 0 Å². The summed E-state index contributed by atoms with van der Waals surface area (Å²) in [5, 5.41) is 0.711. The van der Waals surface area contributed by atoms with Gasteiger partial charge in [0.2, 0.25) is 5.95 Å². The molecular formula is C15H20N4OS. The Morgan fingerprint density at radius 3 is 2.24 bits per heavy atom. The van der Waals surface area contributed by atoms with Gasteiger partial charge in [0.15, 0.2) is 5.16 Å². The van der Waals surface area contributed by atoms with E-state index in [0.717, 1.165) is 16.5 Å². The monoisotopic (exact) mass is 304 g/mol. The Morgan fingerprint density at radius 2 is 1.71 bits per heavy atom. The molecule has 0 fully saturated rings. The van der Waals surface area contributed by atoms with Gasteiger partial charge in [-0.15, -0.1) is 0 Å². The maximum absolute atomic E-state index is 5.16. The minimum absolute atomic E-state index is 0.266. The highest BCUT2D eigenvalue weighted by atomic mass is 32.2. The number of anilines is 1. The summed E-state index contributed by atoms with van der Waals surface area (Å²) in [5.41, 5.74) is 0. The predicted octanol–water partition coefficient (Wildman–Crippen LogP) is 3.22. The number of aromatic nitrogens is 3. The van der Waals surface area contributed by atoms with Crippen LogP contribution in [0.1, 0.15) is 25.6 Å². The maximum atomic E-state index is 5.16. The molecule has 0 aliphatic rings. The fourth-order valence-electron chi connectivity index (χ4n) is 1.61. The van der Waals surface area contributed by atoms with E-state index in [0.29, 0.717) is 11.1 Å². The van der Waals surface area contributed by atoms with Gasteiger partial charge in [0.05, 0.1) is 7.11 Å². The first-order chi connectivity index (χ1) is 9.99. The Bertz CT molecular complexity index is 573. The summed E-state index contributed by atoms with van der Waals surface area (Å²) in [4.78, 5) is 16.5.